The van der Waals surface area contributed by atoms with Crippen LogP contribution in [0.1, 0.15) is 22.3 Å². The standard InChI is InChI=1S/C20H26N2O/c1-16-9-10-19(17(2)13-16)14-22(3)15-20(23)21-12-11-18-7-5-4-6-8-18/h4-10,13H,11-12,14-15H2,1-3H3,(H,21,23). The number of carbonyl (C=O) groups excluding carboxylic acids is 1. The van der Waals surface area contributed by atoms with E-state index in [4.69, 9.17) is 0 Å². The highest BCUT2D eigenvalue weighted by molar-refractivity contribution is 5.77. The van der Waals surface area contributed by atoms with E-state index in [-0.39, 0.29) is 5.91 Å². The molecule has 23 heavy (non-hydrogen) atoms. The predicted octanol–water partition coefficient (Wildman–Crippen LogP) is 3.09. The number of nitrogens with one attached hydrogen (secondary N) is 1. The van der Waals surface area contributed by atoms with Crippen LogP contribution in [-0.2, 0) is 17.8 Å². The molecule has 0 aliphatic rings. The molecule has 0 aliphatic carbocycles. The normalized spacial score (nSPS) is 10.8. The van der Waals surface area contributed by atoms with E-state index in [1.807, 2.05) is 25.2 Å². The fourth-order valence-corrected chi connectivity index (χ4v) is 2.66. The van der Waals surface area contributed by atoms with Gasteiger partial charge in [0.1, 0.15) is 0 Å². The number of aryl methyl sites for hydroxylation is 2. The van der Waals surface area contributed by atoms with Gasteiger partial charge in [0, 0.05) is 13.1 Å². The van der Waals surface area contributed by atoms with Crippen molar-refractivity contribution in [2.75, 3.05) is 20.1 Å². The maximum absolute atomic E-state index is 12.0. The maximum atomic E-state index is 12.0. The van der Waals surface area contributed by atoms with E-state index in [1.54, 1.807) is 0 Å². The van der Waals surface area contributed by atoms with Crippen LogP contribution in [0.3, 0.4) is 0 Å². The number of carbonyl (C=O) groups is 1. The molecule has 1 N–H and O–H groups in total. The van der Waals surface area contributed by atoms with Gasteiger partial charge < -0.3 is 5.32 Å². The first-order valence-corrected chi connectivity index (χ1v) is 8.10. The molecule has 2 rings (SSSR count). The van der Waals surface area contributed by atoms with Gasteiger partial charge >= 0.3 is 0 Å². The Balaban J connectivity index is 1.74. The van der Waals surface area contributed by atoms with Gasteiger partial charge in [-0.25, -0.2) is 0 Å². The van der Waals surface area contributed by atoms with Gasteiger partial charge in [-0.3, -0.25) is 9.69 Å². The molecule has 3 heteroatoms. The lowest BCUT2D eigenvalue weighted by molar-refractivity contribution is -0.122. The van der Waals surface area contributed by atoms with Crippen molar-refractivity contribution >= 4 is 5.91 Å². The minimum Gasteiger partial charge on any atom is -0.355 e. The van der Waals surface area contributed by atoms with Gasteiger partial charge in [0.05, 0.1) is 6.54 Å². The summed E-state index contributed by atoms with van der Waals surface area (Å²) in [6.45, 7) is 6.11. The molecule has 0 fully saturated rings. The molecular formula is C20H26N2O. The molecule has 0 unspecified atom stereocenters. The van der Waals surface area contributed by atoms with Crippen molar-refractivity contribution in [2.24, 2.45) is 0 Å². The third kappa shape index (κ3) is 5.87. The number of hydrogen-bond donors (Lipinski definition) is 1. The number of rotatable bonds is 7. The molecule has 122 valence electrons. The van der Waals surface area contributed by atoms with Crippen molar-refractivity contribution in [2.45, 2.75) is 26.8 Å². The summed E-state index contributed by atoms with van der Waals surface area (Å²) < 4.78 is 0. The van der Waals surface area contributed by atoms with Crippen molar-refractivity contribution in [1.82, 2.24) is 10.2 Å². The highest BCUT2D eigenvalue weighted by atomic mass is 16.2. The molecule has 0 saturated heterocycles. The van der Waals surface area contributed by atoms with Crippen molar-refractivity contribution in [3.8, 4) is 0 Å². The van der Waals surface area contributed by atoms with Crippen molar-refractivity contribution in [3.05, 3.63) is 70.8 Å². The van der Waals surface area contributed by atoms with Crippen LogP contribution in [0, 0.1) is 13.8 Å². The third-order valence-corrected chi connectivity index (χ3v) is 3.93. The van der Waals surface area contributed by atoms with E-state index < -0.39 is 0 Å². The molecule has 0 bridgehead atoms. The number of benzene rings is 2. The minimum absolute atomic E-state index is 0.0770. The summed E-state index contributed by atoms with van der Waals surface area (Å²) in [5.41, 5.74) is 5.07. The Bertz CT molecular complexity index is 637. The highest BCUT2D eigenvalue weighted by Gasteiger charge is 2.08. The zero-order valence-corrected chi connectivity index (χ0v) is 14.3. The van der Waals surface area contributed by atoms with E-state index >= 15 is 0 Å². The first kappa shape index (κ1) is 17.2. The maximum Gasteiger partial charge on any atom is 0.234 e. The van der Waals surface area contributed by atoms with Crippen molar-refractivity contribution in [3.63, 3.8) is 0 Å². The Kier molecular flexibility index (Phi) is 6.36. The molecule has 0 aliphatic heterocycles. The second-order valence-electron chi connectivity index (χ2n) is 6.19. The Morgan fingerprint density at radius 1 is 1.09 bits per heavy atom. The van der Waals surface area contributed by atoms with Crippen LogP contribution >= 0.6 is 0 Å². The van der Waals surface area contributed by atoms with Gasteiger partial charge in [-0.2, -0.15) is 0 Å². The highest BCUT2D eigenvalue weighted by Crippen LogP contribution is 2.12. The van der Waals surface area contributed by atoms with Crippen LogP contribution in [0.5, 0.6) is 0 Å². The lowest BCUT2D eigenvalue weighted by Crippen LogP contribution is -2.35. The minimum atomic E-state index is 0.0770. The largest absolute Gasteiger partial charge is 0.355 e. The summed E-state index contributed by atoms with van der Waals surface area (Å²) in [6.07, 6.45) is 0.868. The third-order valence-electron chi connectivity index (χ3n) is 3.93. The van der Waals surface area contributed by atoms with Crippen LogP contribution in [0.2, 0.25) is 0 Å². The first-order valence-electron chi connectivity index (χ1n) is 8.10. The Labute approximate surface area is 139 Å². The summed E-state index contributed by atoms with van der Waals surface area (Å²) in [5.74, 6) is 0.0770. The SMILES string of the molecule is Cc1ccc(CN(C)CC(=O)NCCc2ccccc2)c(C)c1. The molecule has 0 atom stereocenters. The van der Waals surface area contributed by atoms with E-state index in [1.165, 1.54) is 22.3 Å². The molecule has 0 radical (unpaired) electrons. The van der Waals surface area contributed by atoms with Crippen LogP contribution in [-0.4, -0.2) is 30.9 Å². The van der Waals surface area contributed by atoms with Gasteiger partial charge in [-0.1, -0.05) is 54.1 Å². The fraction of sp³-hybridized carbons (Fsp3) is 0.350. The van der Waals surface area contributed by atoms with E-state index in [9.17, 15) is 4.79 Å². The van der Waals surface area contributed by atoms with Crippen LogP contribution in [0.4, 0.5) is 0 Å². The lowest BCUT2D eigenvalue weighted by atomic mass is 10.1. The quantitative estimate of drug-likeness (QED) is 0.852. The topological polar surface area (TPSA) is 32.3 Å². The molecule has 1 amide bonds. The molecule has 2 aromatic carbocycles. The predicted molar refractivity (Wildman–Crippen MR) is 95.4 cm³/mol. The van der Waals surface area contributed by atoms with Gasteiger partial charge in [0.25, 0.3) is 0 Å². The zero-order chi connectivity index (χ0) is 16.7. The molecule has 0 aromatic heterocycles. The zero-order valence-electron chi connectivity index (χ0n) is 14.3. The number of hydrogen-bond acceptors (Lipinski definition) is 2. The van der Waals surface area contributed by atoms with Gasteiger partial charge in [-0.05, 0) is 44.0 Å². The number of nitrogens with zero attached hydrogens (tertiary/aromatic N) is 1. The monoisotopic (exact) mass is 310 g/mol. The van der Waals surface area contributed by atoms with E-state index in [0.29, 0.717) is 13.1 Å². The molecule has 0 spiro atoms. The summed E-state index contributed by atoms with van der Waals surface area (Å²) in [4.78, 5) is 14.1. The van der Waals surface area contributed by atoms with E-state index in [0.717, 1.165) is 13.0 Å². The van der Waals surface area contributed by atoms with E-state index in [2.05, 4.69) is 54.4 Å². The second kappa shape index (κ2) is 8.49. The smallest absolute Gasteiger partial charge is 0.234 e. The van der Waals surface area contributed by atoms with Crippen LogP contribution < -0.4 is 5.32 Å². The average molecular weight is 310 g/mol. The summed E-state index contributed by atoms with van der Waals surface area (Å²) in [6, 6.07) is 16.7. The van der Waals surface area contributed by atoms with Crippen molar-refractivity contribution in [1.29, 1.82) is 0 Å². The summed E-state index contributed by atoms with van der Waals surface area (Å²) >= 11 is 0. The molecule has 0 saturated carbocycles. The van der Waals surface area contributed by atoms with Gasteiger partial charge in [0.15, 0.2) is 0 Å². The molecule has 2 aromatic rings. The first-order chi connectivity index (χ1) is 11.0. The fourth-order valence-electron chi connectivity index (χ4n) is 2.66. The van der Waals surface area contributed by atoms with Crippen LogP contribution in [0.25, 0.3) is 0 Å². The number of likely N-dealkylation sites (N-methyl/N-ethyl adjacent to an activating group) is 1. The Morgan fingerprint density at radius 2 is 1.83 bits per heavy atom. The Morgan fingerprint density at radius 3 is 2.52 bits per heavy atom. The van der Waals surface area contributed by atoms with Crippen LogP contribution in [0.15, 0.2) is 48.5 Å². The summed E-state index contributed by atoms with van der Waals surface area (Å²) in [5, 5.41) is 2.99. The van der Waals surface area contributed by atoms with Crippen molar-refractivity contribution < 1.29 is 4.79 Å². The molecule has 0 heterocycles. The number of amides is 1. The van der Waals surface area contributed by atoms with Gasteiger partial charge in [0.2, 0.25) is 5.91 Å². The molecule has 3 nitrogen and oxygen atoms in total. The Hall–Kier alpha value is -2.13. The second-order valence-corrected chi connectivity index (χ2v) is 6.19. The average Bonchev–Trinajstić information content (AvgIpc) is 2.51. The molecular weight excluding hydrogens is 284 g/mol. The summed E-state index contributed by atoms with van der Waals surface area (Å²) in [7, 11) is 1.98. The lowest BCUT2D eigenvalue weighted by Gasteiger charge is -2.18. The van der Waals surface area contributed by atoms with Gasteiger partial charge in [-0.15, -0.1) is 0 Å².